The van der Waals surface area contributed by atoms with Crippen LogP contribution in [-0.4, -0.2) is 26.9 Å². The summed E-state index contributed by atoms with van der Waals surface area (Å²) < 4.78 is 0. The third-order valence-electron chi connectivity index (χ3n) is 3.73. The number of imidazole rings is 1. The molecule has 0 saturated heterocycles. The first kappa shape index (κ1) is 18.2. The molecule has 2 heterocycles. The Hall–Kier alpha value is -2.57. The van der Waals surface area contributed by atoms with Gasteiger partial charge < -0.3 is 16.0 Å². The van der Waals surface area contributed by atoms with Crippen LogP contribution in [0.1, 0.15) is 29.5 Å². The summed E-state index contributed by atoms with van der Waals surface area (Å²) in [6, 6.07) is 6.90. The number of benzene rings is 1. The fraction of sp³-hybridized carbons (Fsp3) is 0.167. The molecule has 8 heteroatoms. The van der Waals surface area contributed by atoms with Crippen molar-refractivity contribution in [2.75, 3.05) is 5.73 Å². The highest BCUT2D eigenvalue weighted by atomic mass is 35.5. The zero-order valence-electron chi connectivity index (χ0n) is 14.0. The quantitative estimate of drug-likeness (QED) is 0.612. The number of carbonyl (C=O) groups excluding carboxylic acids is 1. The number of aromatic nitrogens is 3. The maximum atomic E-state index is 12.3. The van der Waals surface area contributed by atoms with Crippen LogP contribution < -0.4 is 11.1 Å². The van der Waals surface area contributed by atoms with Gasteiger partial charge in [-0.1, -0.05) is 35.4 Å². The highest BCUT2D eigenvalue weighted by Crippen LogP contribution is 2.18. The summed E-state index contributed by atoms with van der Waals surface area (Å²) in [5.74, 6) is 0.291. The van der Waals surface area contributed by atoms with Gasteiger partial charge in [-0.3, -0.25) is 4.79 Å². The van der Waals surface area contributed by atoms with Crippen molar-refractivity contribution in [2.24, 2.45) is 0 Å². The standard InChI is InChI=1S/C18H17Cl2N5O/c1-10(3-2-4-11-7-13(20)16(21)22-9-11)23-18(26)17-24-14-6-5-12(19)8-15(14)25-17/h2,4-10H,3H2,1H3,(H2,21,22)(H,23,26)(H,24,25)/b4-2+/t10-/m0/s1. The number of H-pyrrole nitrogens is 1. The number of amides is 1. The van der Waals surface area contributed by atoms with Crippen LogP contribution in [0.3, 0.4) is 0 Å². The molecule has 0 aliphatic rings. The van der Waals surface area contributed by atoms with E-state index in [1.807, 2.05) is 19.1 Å². The van der Waals surface area contributed by atoms with E-state index in [0.29, 0.717) is 27.8 Å². The maximum absolute atomic E-state index is 12.3. The first-order valence-corrected chi connectivity index (χ1v) is 8.71. The number of aromatic amines is 1. The Bertz CT molecular complexity index is 983. The van der Waals surface area contributed by atoms with Gasteiger partial charge in [-0.25, -0.2) is 9.97 Å². The lowest BCUT2D eigenvalue weighted by atomic mass is 10.2. The van der Waals surface area contributed by atoms with E-state index >= 15 is 0 Å². The molecule has 4 N–H and O–H groups in total. The summed E-state index contributed by atoms with van der Waals surface area (Å²) in [5.41, 5.74) is 7.84. The van der Waals surface area contributed by atoms with Gasteiger partial charge in [0.2, 0.25) is 0 Å². The summed E-state index contributed by atoms with van der Waals surface area (Å²) in [6.07, 6.45) is 6.09. The lowest BCUT2D eigenvalue weighted by molar-refractivity contribution is 0.0931. The minimum absolute atomic E-state index is 0.0761. The minimum Gasteiger partial charge on any atom is -0.382 e. The molecule has 3 rings (SSSR count). The molecule has 1 amide bonds. The van der Waals surface area contributed by atoms with Crippen LogP contribution in [0.25, 0.3) is 17.1 Å². The van der Waals surface area contributed by atoms with Crippen molar-refractivity contribution in [3.63, 3.8) is 0 Å². The van der Waals surface area contributed by atoms with Crippen molar-refractivity contribution in [1.82, 2.24) is 20.3 Å². The molecule has 0 spiro atoms. The average Bonchev–Trinajstić information content (AvgIpc) is 3.01. The fourth-order valence-corrected chi connectivity index (χ4v) is 2.75. The van der Waals surface area contributed by atoms with Gasteiger partial charge in [0, 0.05) is 17.3 Å². The van der Waals surface area contributed by atoms with E-state index in [0.717, 1.165) is 11.1 Å². The Balaban J connectivity index is 1.59. The van der Waals surface area contributed by atoms with E-state index in [2.05, 4.69) is 20.3 Å². The van der Waals surface area contributed by atoms with Crippen LogP contribution in [0, 0.1) is 0 Å². The number of anilines is 1. The molecule has 0 fully saturated rings. The van der Waals surface area contributed by atoms with E-state index in [-0.39, 0.29) is 17.8 Å². The van der Waals surface area contributed by atoms with Crippen molar-refractivity contribution < 1.29 is 4.79 Å². The first-order chi connectivity index (χ1) is 12.4. The van der Waals surface area contributed by atoms with Crippen molar-refractivity contribution in [1.29, 1.82) is 0 Å². The molecule has 0 aliphatic carbocycles. The van der Waals surface area contributed by atoms with Gasteiger partial charge in [-0.2, -0.15) is 0 Å². The molecular weight excluding hydrogens is 373 g/mol. The van der Waals surface area contributed by atoms with Crippen LogP contribution >= 0.6 is 23.2 Å². The molecular formula is C18H17Cl2N5O. The predicted octanol–water partition coefficient (Wildman–Crippen LogP) is 4.07. The van der Waals surface area contributed by atoms with E-state index in [9.17, 15) is 4.79 Å². The SMILES string of the molecule is C[C@@H](C/C=C/c1cnc(N)c(Cl)c1)NC(=O)c1nc2ccc(Cl)cc2[nH]1. The van der Waals surface area contributed by atoms with E-state index in [1.54, 1.807) is 30.5 Å². The number of carbonyl (C=O) groups is 1. The topological polar surface area (TPSA) is 96.7 Å². The van der Waals surface area contributed by atoms with Crippen LogP contribution in [0.15, 0.2) is 36.5 Å². The summed E-state index contributed by atoms with van der Waals surface area (Å²) in [5, 5.41) is 3.90. The second kappa shape index (κ2) is 7.76. The Morgan fingerprint density at radius 3 is 2.96 bits per heavy atom. The predicted molar refractivity (Wildman–Crippen MR) is 105 cm³/mol. The Labute approximate surface area is 160 Å². The molecule has 0 aliphatic heterocycles. The number of nitrogen functional groups attached to an aromatic ring is 1. The number of hydrogen-bond donors (Lipinski definition) is 3. The van der Waals surface area contributed by atoms with Gasteiger partial charge >= 0.3 is 0 Å². The maximum Gasteiger partial charge on any atom is 0.287 e. The van der Waals surface area contributed by atoms with Crippen molar-refractivity contribution in [3.8, 4) is 0 Å². The third-order valence-corrected chi connectivity index (χ3v) is 4.27. The summed E-state index contributed by atoms with van der Waals surface area (Å²) in [7, 11) is 0. The van der Waals surface area contributed by atoms with Crippen LogP contribution in [0.2, 0.25) is 10.0 Å². The Morgan fingerprint density at radius 2 is 2.19 bits per heavy atom. The van der Waals surface area contributed by atoms with Crippen LogP contribution in [0.5, 0.6) is 0 Å². The largest absolute Gasteiger partial charge is 0.382 e. The van der Waals surface area contributed by atoms with Crippen molar-refractivity contribution >= 4 is 52.0 Å². The van der Waals surface area contributed by atoms with Gasteiger partial charge in [0.25, 0.3) is 5.91 Å². The van der Waals surface area contributed by atoms with Crippen LogP contribution in [0.4, 0.5) is 5.82 Å². The zero-order valence-corrected chi connectivity index (χ0v) is 15.5. The number of nitrogens with zero attached hydrogens (tertiary/aromatic N) is 2. The highest BCUT2D eigenvalue weighted by molar-refractivity contribution is 6.32. The van der Waals surface area contributed by atoms with Crippen molar-refractivity contribution in [2.45, 2.75) is 19.4 Å². The first-order valence-electron chi connectivity index (χ1n) is 7.96. The smallest absolute Gasteiger partial charge is 0.287 e. The molecule has 6 nitrogen and oxygen atoms in total. The molecule has 2 aromatic heterocycles. The summed E-state index contributed by atoms with van der Waals surface area (Å²) in [4.78, 5) is 23.6. The Kier molecular flexibility index (Phi) is 5.44. The number of nitrogens with one attached hydrogen (secondary N) is 2. The Morgan fingerprint density at radius 1 is 1.38 bits per heavy atom. The highest BCUT2D eigenvalue weighted by Gasteiger charge is 2.13. The number of halogens is 2. The number of hydrogen-bond acceptors (Lipinski definition) is 4. The summed E-state index contributed by atoms with van der Waals surface area (Å²) >= 11 is 11.9. The lowest BCUT2D eigenvalue weighted by Crippen LogP contribution is -2.32. The van der Waals surface area contributed by atoms with Gasteiger partial charge in [0.1, 0.15) is 5.82 Å². The fourth-order valence-electron chi connectivity index (χ4n) is 2.40. The van der Waals surface area contributed by atoms with Crippen LogP contribution in [-0.2, 0) is 0 Å². The molecule has 134 valence electrons. The van der Waals surface area contributed by atoms with Gasteiger partial charge in [0.15, 0.2) is 5.82 Å². The van der Waals surface area contributed by atoms with E-state index < -0.39 is 0 Å². The second-order valence-corrected chi connectivity index (χ2v) is 6.74. The van der Waals surface area contributed by atoms with Gasteiger partial charge in [-0.05, 0) is 43.2 Å². The minimum atomic E-state index is -0.268. The number of rotatable bonds is 5. The molecule has 3 aromatic rings. The normalized spacial score (nSPS) is 12.6. The summed E-state index contributed by atoms with van der Waals surface area (Å²) in [6.45, 7) is 1.91. The molecule has 0 bridgehead atoms. The van der Waals surface area contributed by atoms with Gasteiger partial charge in [-0.15, -0.1) is 0 Å². The molecule has 26 heavy (non-hydrogen) atoms. The molecule has 1 aromatic carbocycles. The van der Waals surface area contributed by atoms with E-state index in [1.165, 1.54) is 0 Å². The molecule has 0 unspecified atom stereocenters. The second-order valence-electron chi connectivity index (χ2n) is 5.90. The molecule has 0 radical (unpaired) electrons. The monoisotopic (exact) mass is 389 g/mol. The van der Waals surface area contributed by atoms with E-state index in [4.69, 9.17) is 28.9 Å². The number of pyridine rings is 1. The number of nitrogens with two attached hydrogens (primary N) is 1. The molecule has 0 saturated carbocycles. The zero-order chi connectivity index (χ0) is 18.7. The average molecular weight is 390 g/mol. The number of fused-ring (bicyclic) bond motifs is 1. The lowest BCUT2D eigenvalue weighted by Gasteiger charge is -2.10. The molecule has 1 atom stereocenters. The van der Waals surface area contributed by atoms with Gasteiger partial charge in [0.05, 0.1) is 16.1 Å². The van der Waals surface area contributed by atoms with Crippen molar-refractivity contribution in [3.05, 3.63) is 58.0 Å². The third kappa shape index (κ3) is 4.33.